The number of hydrogen-bond acceptors (Lipinski definition) is 5. The molecular weight excluding hydrogens is 404 g/mol. The summed E-state index contributed by atoms with van der Waals surface area (Å²) in [4.78, 5) is 8.89. The number of benzene rings is 2. The molecule has 168 valence electrons. The number of nitrogens with one attached hydrogen (secondary N) is 2. The predicted molar refractivity (Wildman–Crippen MR) is 125 cm³/mol. The van der Waals surface area contributed by atoms with Crippen LogP contribution in [0.25, 0.3) is 11.5 Å². The summed E-state index contributed by atoms with van der Waals surface area (Å²) >= 11 is 0. The van der Waals surface area contributed by atoms with Crippen LogP contribution in [0, 0.1) is 13.8 Å². The number of aryl methyl sites for hydroxylation is 2. The molecule has 7 nitrogen and oxygen atoms in total. The molecule has 7 heteroatoms. The lowest BCUT2D eigenvalue weighted by Crippen LogP contribution is -2.36. The average molecular weight is 435 g/mol. The summed E-state index contributed by atoms with van der Waals surface area (Å²) in [6.07, 6.45) is 2.71. The maximum absolute atomic E-state index is 6.19. The molecule has 1 atom stereocenters. The van der Waals surface area contributed by atoms with Crippen molar-refractivity contribution in [1.29, 1.82) is 0 Å². The standard InChI is InChI=1S/C25H30N4O3/c1-17-4-7-19(8-5-17)24-29-21(15-31-24)14-28-25(26-3)27-13-20-9-6-18(2)12-23(20)32-22-10-11-30-16-22/h4-9,12,15,22H,10-11,13-14,16H2,1-3H3,(H2,26,27,28). The van der Waals surface area contributed by atoms with Crippen LogP contribution in [0.4, 0.5) is 0 Å². The Morgan fingerprint density at radius 3 is 2.62 bits per heavy atom. The van der Waals surface area contributed by atoms with Crippen LogP contribution in [-0.2, 0) is 17.8 Å². The summed E-state index contributed by atoms with van der Waals surface area (Å²) in [5.41, 5.74) is 5.22. The first-order valence-corrected chi connectivity index (χ1v) is 10.9. The molecule has 3 aromatic rings. The van der Waals surface area contributed by atoms with Crippen molar-refractivity contribution in [2.24, 2.45) is 4.99 Å². The molecule has 1 aliphatic heterocycles. The maximum Gasteiger partial charge on any atom is 0.226 e. The third-order valence-corrected chi connectivity index (χ3v) is 5.36. The summed E-state index contributed by atoms with van der Waals surface area (Å²) in [6, 6.07) is 14.4. The van der Waals surface area contributed by atoms with Crippen molar-refractivity contribution in [2.45, 2.75) is 39.5 Å². The molecule has 1 aliphatic rings. The molecule has 4 rings (SSSR count). The highest BCUT2D eigenvalue weighted by atomic mass is 16.5. The Balaban J connectivity index is 1.33. The quantitative estimate of drug-likeness (QED) is 0.432. The monoisotopic (exact) mass is 434 g/mol. The molecule has 1 unspecified atom stereocenters. The lowest BCUT2D eigenvalue weighted by molar-refractivity contribution is 0.140. The Bertz CT molecular complexity index is 1050. The smallest absolute Gasteiger partial charge is 0.226 e. The van der Waals surface area contributed by atoms with Crippen LogP contribution in [0.5, 0.6) is 5.75 Å². The van der Waals surface area contributed by atoms with Gasteiger partial charge in [-0.15, -0.1) is 0 Å². The molecule has 0 amide bonds. The third kappa shape index (κ3) is 5.68. The molecule has 0 radical (unpaired) electrons. The van der Waals surface area contributed by atoms with Crippen LogP contribution in [0.15, 0.2) is 58.1 Å². The van der Waals surface area contributed by atoms with Crippen molar-refractivity contribution < 1.29 is 13.9 Å². The van der Waals surface area contributed by atoms with E-state index in [1.807, 2.05) is 24.3 Å². The van der Waals surface area contributed by atoms with Gasteiger partial charge >= 0.3 is 0 Å². The molecular formula is C25H30N4O3. The van der Waals surface area contributed by atoms with Gasteiger partial charge in [-0.2, -0.15) is 0 Å². The minimum atomic E-state index is 0.114. The second-order valence-corrected chi connectivity index (χ2v) is 8.00. The minimum absolute atomic E-state index is 0.114. The Hall–Kier alpha value is -3.32. The van der Waals surface area contributed by atoms with E-state index < -0.39 is 0 Å². The van der Waals surface area contributed by atoms with E-state index in [1.54, 1.807) is 13.3 Å². The SMILES string of the molecule is CN=C(NCc1coc(-c2ccc(C)cc2)n1)NCc1ccc(C)cc1OC1CCOC1. The van der Waals surface area contributed by atoms with Gasteiger partial charge in [0.25, 0.3) is 0 Å². The first-order valence-electron chi connectivity index (χ1n) is 10.9. The van der Waals surface area contributed by atoms with Crippen LogP contribution in [0.3, 0.4) is 0 Å². The van der Waals surface area contributed by atoms with Gasteiger partial charge in [0.2, 0.25) is 5.89 Å². The van der Waals surface area contributed by atoms with Crippen LogP contribution < -0.4 is 15.4 Å². The van der Waals surface area contributed by atoms with Gasteiger partial charge in [0.05, 0.1) is 25.5 Å². The number of ether oxygens (including phenoxy) is 2. The second kappa shape index (κ2) is 10.3. The summed E-state index contributed by atoms with van der Waals surface area (Å²) in [5, 5.41) is 6.64. The predicted octanol–water partition coefficient (Wildman–Crippen LogP) is 3.99. The highest BCUT2D eigenvalue weighted by Gasteiger charge is 2.19. The summed E-state index contributed by atoms with van der Waals surface area (Å²) < 4.78 is 17.3. The van der Waals surface area contributed by atoms with Gasteiger partial charge < -0.3 is 24.5 Å². The number of rotatable bonds is 7. The van der Waals surface area contributed by atoms with E-state index in [9.17, 15) is 0 Å². The van der Waals surface area contributed by atoms with Gasteiger partial charge in [-0.25, -0.2) is 4.98 Å². The van der Waals surface area contributed by atoms with E-state index >= 15 is 0 Å². The number of nitrogens with zero attached hydrogens (tertiary/aromatic N) is 2. The molecule has 2 heterocycles. The molecule has 0 saturated carbocycles. The second-order valence-electron chi connectivity index (χ2n) is 8.00. The molecule has 1 aromatic heterocycles. The fourth-order valence-corrected chi connectivity index (χ4v) is 3.49. The molecule has 0 bridgehead atoms. The first-order chi connectivity index (χ1) is 15.6. The zero-order valence-corrected chi connectivity index (χ0v) is 18.9. The van der Waals surface area contributed by atoms with Gasteiger partial charge in [-0.3, -0.25) is 4.99 Å². The lowest BCUT2D eigenvalue weighted by Gasteiger charge is -2.18. The van der Waals surface area contributed by atoms with E-state index in [2.05, 4.69) is 52.7 Å². The molecule has 0 aliphatic carbocycles. The van der Waals surface area contributed by atoms with Gasteiger partial charge in [0.1, 0.15) is 18.1 Å². The van der Waals surface area contributed by atoms with Crippen LogP contribution in [0.2, 0.25) is 0 Å². The Morgan fingerprint density at radius 2 is 1.88 bits per heavy atom. The Kier molecular flexibility index (Phi) is 7.07. The van der Waals surface area contributed by atoms with Crippen molar-refractivity contribution >= 4 is 5.96 Å². The van der Waals surface area contributed by atoms with E-state index in [0.29, 0.717) is 31.5 Å². The molecule has 1 fully saturated rings. The number of guanidine groups is 1. The van der Waals surface area contributed by atoms with E-state index in [0.717, 1.165) is 35.6 Å². The summed E-state index contributed by atoms with van der Waals surface area (Å²) in [7, 11) is 1.75. The van der Waals surface area contributed by atoms with Crippen molar-refractivity contribution in [3.63, 3.8) is 0 Å². The van der Waals surface area contributed by atoms with E-state index in [-0.39, 0.29) is 6.10 Å². The molecule has 1 saturated heterocycles. The molecule has 2 aromatic carbocycles. The zero-order valence-electron chi connectivity index (χ0n) is 18.9. The fourth-order valence-electron chi connectivity index (χ4n) is 3.49. The molecule has 2 N–H and O–H groups in total. The van der Waals surface area contributed by atoms with Gasteiger partial charge in [0.15, 0.2) is 5.96 Å². The van der Waals surface area contributed by atoms with Gasteiger partial charge in [-0.1, -0.05) is 29.8 Å². The van der Waals surface area contributed by atoms with Crippen molar-refractivity contribution in [1.82, 2.24) is 15.6 Å². The zero-order chi connectivity index (χ0) is 22.3. The van der Waals surface area contributed by atoms with Crippen LogP contribution in [0.1, 0.15) is 28.8 Å². The van der Waals surface area contributed by atoms with Crippen molar-refractivity contribution in [3.05, 3.63) is 71.1 Å². The summed E-state index contributed by atoms with van der Waals surface area (Å²) in [6.45, 7) is 6.63. The normalized spacial score (nSPS) is 16.2. The maximum atomic E-state index is 6.19. The van der Waals surface area contributed by atoms with E-state index in [4.69, 9.17) is 13.9 Å². The number of aromatic nitrogens is 1. The van der Waals surface area contributed by atoms with Crippen molar-refractivity contribution in [3.8, 4) is 17.2 Å². The topological polar surface area (TPSA) is 80.9 Å². The number of oxazole rings is 1. The van der Waals surface area contributed by atoms with Crippen LogP contribution in [-0.4, -0.2) is 37.3 Å². The van der Waals surface area contributed by atoms with E-state index in [1.165, 1.54) is 11.1 Å². The number of aliphatic imine (C=N–C) groups is 1. The average Bonchev–Trinajstić information content (AvgIpc) is 3.48. The number of hydrogen-bond donors (Lipinski definition) is 2. The van der Waals surface area contributed by atoms with Crippen molar-refractivity contribution in [2.75, 3.05) is 20.3 Å². The van der Waals surface area contributed by atoms with Gasteiger partial charge in [0, 0.05) is 31.1 Å². The first kappa shape index (κ1) is 21.9. The third-order valence-electron chi connectivity index (χ3n) is 5.36. The largest absolute Gasteiger partial charge is 0.488 e. The van der Waals surface area contributed by atoms with Crippen LogP contribution >= 0.6 is 0 Å². The highest BCUT2D eigenvalue weighted by Crippen LogP contribution is 2.24. The summed E-state index contributed by atoms with van der Waals surface area (Å²) in [5.74, 6) is 2.19. The Morgan fingerprint density at radius 1 is 1.09 bits per heavy atom. The highest BCUT2D eigenvalue weighted by molar-refractivity contribution is 5.79. The molecule has 0 spiro atoms. The fraction of sp³-hybridized carbons (Fsp3) is 0.360. The minimum Gasteiger partial charge on any atom is -0.488 e. The molecule has 32 heavy (non-hydrogen) atoms. The van der Waals surface area contributed by atoms with Gasteiger partial charge in [-0.05, 0) is 37.6 Å². The Labute approximate surface area is 188 Å². The lowest BCUT2D eigenvalue weighted by atomic mass is 10.1.